The molecule has 2 fully saturated rings. The van der Waals surface area contributed by atoms with Gasteiger partial charge in [0.1, 0.15) is 18.8 Å². The van der Waals surface area contributed by atoms with Crippen LogP contribution in [0.1, 0.15) is 60.8 Å². The summed E-state index contributed by atoms with van der Waals surface area (Å²) in [5.41, 5.74) is 8.60. The Bertz CT molecular complexity index is 1340. The summed E-state index contributed by atoms with van der Waals surface area (Å²) in [5, 5.41) is 0. The molecular weight excluding hydrogens is 620 g/mol. The van der Waals surface area contributed by atoms with E-state index < -0.39 is 60.0 Å². The molecule has 2 aromatic carbocycles. The third-order valence-electron chi connectivity index (χ3n) is 8.16. The molecule has 9 nitrogen and oxygen atoms in total. The summed E-state index contributed by atoms with van der Waals surface area (Å²) in [6, 6.07) is 8.43. The molecule has 0 bridgehead atoms. The molecule has 3 atom stereocenters. The number of fused-ring (bicyclic) bond motifs is 1. The van der Waals surface area contributed by atoms with Gasteiger partial charge in [-0.2, -0.15) is 26.3 Å². The van der Waals surface area contributed by atoms with Crippen LogP contribution >= 0.6 is 0 Å². The van der Waals surface area contributed by atoms with Gasteiger partial charge in [0, 0.05) is 19.0 Å². The van der Waals surface area contributed by atoms with E-state index in [9.17, 15) is 40.7 Å². The molecule has 2 saturated heterocycles. The van der Waals surface area contributed by atoms with Gasteiger partial charge in [0.2, 0.25) is 11.8 Å². The van der Waals surface area contributed by atoms with Gasteiger partial charge in [0.05, 0.1) is 17.7 Å². The van der Waals surface area contributed by atoms with Crippen LogP contribution in [0.15, 0.2) is 48.5 Å². The maximum Gasteiger partial charge on any atom is 0.416 e. The Hall–Kier alpha value is -3.85. The lowest BCUT2D eigenvalue weighted by atomic mass is 9.94. The van der Waals surface area contributed by atoms with E-state index in [1.54, 1.807) is 12.1 Å². The van der Waals surface area contributed by atoms with E-state index in [2.05, 4.69) is 0 Å². The summed E-state index contributed by atoms with van der Waals surface area (Å²) in [4.78, 5) is 45.2. The summed E-state index contributed by atoms with van der Waals surface area (Å²) >= 11 is 0. The highest BCUT2D eigenvalue weighted by molar-refractivity contribution is 5.91. The predicted molar refractivity (Wildman–Crippen MR) is 154 cm³/mol. The van der Waals surface area contributed by atoms with Crippen molar-refractivity contribution >= 4 is 17.9 Å². The van der Waals surface area contributed by atoms with Crippen LogP contribution in [0.4, 0.5) is 31.1 Å². The van der Waals surface area contributed by atoms with Crippen LogP contribution in [0.5, 0.6) is 0 Å². The fourth-order valence-electron chi connectivity index (χ4n) is 6.00. The minimum absolute atomic E-state index is 0.00519. The first-order valence-electron chi connectivity index (χ1n) is 15.0. The van der Waals surface area contributed by atoms with Crippen LogP contribution in [-0.4, -0.2) is 70.5 Å². The zero-order chi connectivity index (χ0) is 33.6. The molecule has 0 saturated carbocycles. The summed E-state index contributed by atoms with van der Waals surface area (Å²) in [7, 11) is 0. The van der Waals surface area contributed by atoms with Gasteiger partial charge >= 0.3 is 18.4 Å². The van der Waals surface area contributed by atoms with Crippen LogP contribution in [0.2, 0.25) is 0 Å². The lowest BCUT2D eigenvalue weighted by Gasteiger charge is -2.54. The highest BCUT2D eigenvalue weighted by atomic mass is 19.4. The largest absolute Gasteiger partial charge is 0.444 e. The minimum atomic E-state index is -5.07. The highest BCUT2D eigenvalue weighted by Gasteiger charge is 2.51. The van der Waals surface area contributed by atoms with Gasteiger partial charge in [-0.15, -0.1) is 0 Å². The molecule has 4 rings (SSSR count). The molecule has 4 N–H and O–H groups in total. The molecule has 0 spiro atoms. The molecule has 2 aliphatic heterocycles. The number of hydrogen-bond acceptors (Lipinski definition) is 6. The van der Waals surface area contributed by atoms with E-state index in [0.29, 0.717) is 44.4 Å². The Kier molecular flexibility index (Phi) is 11.2. The first-order valence-corrected chi connectivity index (χ1v) is 15.0. The van der Waals surface area contributed by atoms with Crippen molar-refractivity contribution < 1.29 is 45.5 Å². The van der Waals surface area contributed by atoms with Gasteiger partial charge in [-0.3, -0.25) is 14.5 Å². The molecule has 3 amide bonds. The van der Waals surface area contributed by atoms with Gasteiger partial charge in [0.15, 0.2) is 0 Å². The number of halogens is 6. The topological polar surface area (TPSA) is 122 Å². The van der Waals surface area contributed by atoms with Gasteiger partial charge in [-0.05, 0) is 68.1 Å². The molecule has 0 aromatic heterocycles. The van der Waals surface area contributed by atoms with Crippen molar-refractivity contribution in [1.29, 1.82) is 0 Å². The Morgan fingerprint density at radius 3 is 2.07 bits per heavy atom. The van der Waals surface area contributed by atoms with Crippen LogP contribution in [-0.2, 0) is 39.8 Å². The second-order valence-corrected chi connectivity index (χ2v) is 11.5. The number of amides is 3. The highest BCUT2D eigenvalue weighted by Crippen LogP contribution is 2.37. The average Bonchev–Trinajstić information content (AvgIpc) is 3.00. The number of alkyl halides is 6. The minimum Gasteiger partial charge on any atom is -0.444 e. The van der Waals surface area contributed by atoms with Crippen molar-refractivity contribution in [2.45, 2.75) is 82.3 Å². The van der Waals surface area contributed by atoms with Crippen molar-refractivity contribution in [3.63, 3.8) is 0 Å². The van der Waals surface area contributed by atoms with Crippen LogP contribution < -0.4 is 11.5 Å². The smallest absolute Gasteiger partial charge is 0.416 e. The van der Waals surface area contributed by atoms with E-state index in [-0.39, 0.29) is 50.4 Å². The fraction of sp³-hybridized carbons (Fsp3) is 0.516. The molecule has 15 heteroatoms. The van der Waals surface area contributed by atoms with Crippen molar-refractivity contribution in [3.05, 3.63) is 70.8 Å². The number of nitrogens with zero attached hydrogens (tertiary/aromatic N) is 3. The molecule has 46 heavy (non-hydrogen) atoms. The summed E-state index contributed by atoms with van der Waals surface area (Å²) in [6.07, 6.45) is -10.2. The number of unbranched alkanes of at least 4 members (excludes halogenated alkanes) is 1. The summed E-state index contributed by atoms with van der Waals surface area (Å²) < 4.78 is 85.9. The average molecular weight is 658 g/mol. The second-order valence-electron chi connectivity index (χ2n) is 11.5. The Labute approximate surface area is 262 Å². The van der Waals surface area contributed by atoms with E-state index in [0.717, 1.165) is 5.56 Å². The molecule has 0 radical (unpaired) electrons. The number of piperazine rings is 1. The second kappa shape index (κ2) is 14.7. The third-order valence-corrected chi connectivity index (χ3v) is 8.16. The monoisotopic (exact) mass is 657 g/mol. The molecule has 0 aliphatic carbocycles. The lowest BCUT2D eigenvalue weighted by molar-refractivity contribution is -0.173. The number of nitrogens with two attached hydrogens (primary N) is 2. The zero-order valence-electron chi connectivity index (χ0n) is 25.0. The van der Waals surface area contributed by atoms with Gasteiger partial charge in [-0.25, -0.2) is 4.79 Å². The van der Waals surface area contributed by atoms with Gasteiger partial charge in [-0.1, -0.05) is 36.8 Å². The predicted octanol–water partition coefficient (Wildman–Crippen LogP) is 4.87. The van der Waals surface area contributed by atoms with Crippen LogP contribution in [0.25, 0.3) is 0 Å². The van der Waals surface area contributed by atoms with E-state index in [1.165, 1.54) is 14.7 Å². The molecular formula is C31H37F6N5O4. The van der Waals surface area contributed by atoms with Crippen LogP contribution in [0, 0.1) is 0 Å². The van der Waals surface area contributed by atoms with Crippen molar-refractivity contribution in [2.24, 2.45) is 11.5 Å². The molecule has 2 heterocycles. The molecule has 2 aliphatic rings. The number of carbonyl (C=O) groups is 3. The van der Waals surface area contributed by atoms with Crippen molar-refractivity contribution in [3.8, 4) is 0 Å². The lowest BCUT2D eigenvalue weighted by Crippen LogP contribution is -2.73. The first kappa shape index (κ1) is 35.0. The molecule has 2 aromatic rings. The number of rotatable bonds is 11. The number of carbonyl (C=O) groups excluding carboxylic acids is 3. The van der Waals surface area contributed by atoms with E-state index in [1.807, 2.05) is 18.2 Å². The normalized spacial score (nSPS) is 20.6. The standard InChI is InChI=1S/C31H37F6N5O4/c32-30(33,34)22-13-21(14-23(15-22)31(35,36)37)19-46-29(45)41-24(9-4-5-11-38)16-27(43)42-25(10-6-12-39)28(44)40(18-26(41)42)17-20-7-2-1-3-8-20/h1-3,7-8,13-15,24-26H,4-6,9-12,16-19,38-39H2/t24?,25-,26?/m0/s1. The Morgan fingerprint density at radius 2 is 1.48 bits per heavy atom. The van der Waals surface area contributed by atoms with Gasteiger partial charge in [0.25, 0.3) is 0 Å². The zero-order valence-corrected chi connectivity index (χ0v) is 25.0. The van der Waals surface area contributed by atoms with Crippen LogP contribution in [0.3, 0.4) is 0 Å². The maximum atomic E-state index is 13.8. The Balaban J connectivity index is 1.67. The van der Waals surface area contributed by atoms with Crippen molar-refractivity contribution in [1.82, 2.24) is 14.7 Å². The Morgan fingerprint density at radius 1 is 0.848 bits per heavy atom. The quantitative estimate of drug-likeness (QED) is 0.263. The van der Waals surface area contributed by atoms with Crippen molar-refractivity contribution in [2.75, 3.05) is 19.6 Å². The first-order chi connectivity index (χ1) is 21.7. The molecule has 252 valence electrons. The SMILES string of the molecule is NCCCCC1CC(=O)N2C(CN(Cc3ccccc3)C(=O)[C@@H]2CCCN)N1C(=O)OCc1cc(C(F)(F)F)cc(C(F)(F)F)c1. The fourth-order valence-corrected chi connectivity index (χ4v) is 6.00. The van der Waals surface area contributed by atoms with Gasteiger partial charge < -0.3 is 26.0 Å². The maximum absolute atomic E-state index is 13.8. The number of benzene rings is 2. The van der Waals surface area contributed by atoms with E-state index in [4.69, 9.17) is 16.2 Å². The third kappa shape index (κ3) is 8.29. The van der Waals surface area contributed by atoms with E-state index >= 15 is 0 Å². The number of ether oxygens (including phenoxy) is 1. The molecule has 2 unspecified atom stereocenters. The summed E-state index contributed by atoms with van der Waals surface area (Å²) in [5.74, 6) is -0.672. The number of hydrogen-bond donors (Lipinski definition) is 2. The summed E-state index contributed by atoms with van der Waals surface area (Å²) in [6.45, 7) is -0.176.